The number of unbranched alkanes of at least 4 members (excludes halogenated alkanes) is 1. The highest BCUT2D eigenvalue weighted by atomic mass is 16.7. The van der Waals surface area contributed by atoms with Crippen molar-refractivity contribution in [1.82, 2.24) is 0 Å². The highest BCUT2D eigenvalue weighted by Crippen LogP contribution is 2.24. The molecule has 0 spiro atoms. The molecule has 5 nitrogen and oxygen atoms in total. The standard InChI is InChI=1S/C18H22O5/c1-4-5-9-21-12-14-8-6-7-13(10-14)11-15-16(19)22-18(2,3)23-17(15)20/h6-8,10-11H,4-5,9,12H2,1-3H3. The maximum Gasteiger partial charge on any atom is 0.348 e. The summed E-state index contributed by atoms with van der Waals surface area (Å²) in [4.78, 5) is 23.9. The Morgan fingerprint density at radius 1 is 1.17 bits per heavy atom. The molecule has 1 aliphatic heterocycles. The second-order valence-corrected chi connectivity index (χ2v) is 5.89. The van der Waals surface area contributed by atoms with Gasteiger partial charge in [0.05, 0.1) is 6.61 Å². The summed E-state index contributed by atoms with van der Waals surface area (Å²) in [5.74, 6) is -2.56. The average Bonchev–Trinajstić information content (AvgIpc) is 2.47. The van der Waals surface area contributed by atoms with Gasteiger partial charge in [0.2, 0.25) is 0 Å². The normalized spacial score (nSPS) is 16.7. The summed E-state index contributed by atoms with van der Waals surface area (Å²) < 4.78 is 15.7. The Hall–Kier alpha value is -2.14. The van der Waals surface area contributed by atoms with Crippen LogP contribution in [0.3, 0.4) is 0 Å². The van der Waals surface area contributed by atoms with Gasteiger partial charge in [0, 0.05) is 20.5 Å². The SMILES string of the molecule is CCCCOCc1cccc(C=C2C(=O)OC(C)(C)OC2=O)c1. The van der Waals surface area contributed by atoms with Crippen LogP contribution in [0.15, 0.2) is 29.8 Å². The Bertz CT molecular complexity index is 594. The molecule has 0 radical (unpaired) electrons. The lowest BCUT2D eigenvalue weighted by atomic mass is 10.1. The van der Waals surface area contributed by atoms with Crippen molar-refractivity contribution in [2.75, 3.05) is 6.61 Å². The van der Waals surface area contributed by atoms with E-state index in [0.717, 1.165) is 30.6 Å². The minimum absolute atomic E-state index is 0.103. The maximum atomic E-state index is 11.9. The highest BCUT2D eigenvalue weighted by Gasteiger charge is 2.38. The smallest absolute Gasteiger partial charge is 0.348 e. The Balaban J connectivity index is 2.10. The van der Waals surface area contributed by atoms with E-state index in [9.17, 15) is 9.59 Å². The van der Waals surface area contributed by atoms with Gasteiger partial charge in [0.25, 0.3) is 5.79 Å². The number of benzene rings is 1. The summed E-state index contributed by atoms with van der Waals surface area (Å²) in [6.45, 7) is 6.37. The molecule has 1 aromatic rings. The second-order valence-electron chi connectivity index (χ2n) is 5.89. The molecule has 1 heterocycles. The van der Waals surface area contributed by atoms with E-state index in [1.54, 1.807) is 0 Å². The number of ether oxygens (including phenoxy) is 3. The van der Waals surface area contributed by atoms with Crippen LogP contribution in [0.1, 0.15) is 44.7 Å². The topological polar surface area (TPSA) is 61.8 Å². The first-order valence-corrected chi connectivity index (χ1v) is 7.76. The molecular formula is C18H22O5. The largest absolute Gasteiger partial charge is 0.419 e. The van der Waals surface area contributed by atoms with Gasteiger partial charge in [-0.2, -0.15) is 0 Å². The van der Waals surface area contributed by atoms with E-state index in [1.165, 1.54) is 19.9 Å². The fourth-order valence-corrected chi connectivity index (χ4v) is 2.15. The van der Waals surface area contributed by atoms with Gasteiger partial charge in [-0.15, -0.1) is 0 Å². The molecule has 1 aromatic carbocycles. The lowest BCUT2D eigenvalue weighted by Crippen LogP contribution is -2.41. The molecule has 0 amide bonds. The number of cyclic esters (lactones) is 2. The minimum atomic E-state index is -1.22. The minimum Gasteiger partial charge on any atom is -0.419 e. The molecule has 0 bridgehead atoms. The van der Waals surface area contributed by atoms with E-state index in [0.29, 0.717) is 6.61 Å². The monoisotopic (exact) mass is 318 g/mol. The third-order valence-electron chi connectivity index (χ3n) is 3.29. The third-order valence-corrected chi connectivity index (χ3v) is 3.29. The van der Waals surface area contributed by atoms with Crippen LogP contribution >= 0.6 is 0 Å². The zero-order chi connectivity index (χ0) is 16.9. The molecule has 124 valence electrons. The quantitative estimate of drug-likeness (QED) is 0.349. The lowest BCUT2D eigenvalue weighted by Gasteiger charge is -2.29. The van der Waals surface area contributed by atoms with E-state index in [2.05, 4.69) is 6.92 Å². The summed E-state index contributed by atoms with van der Waals surface area (Å²) in [5.41, 5.74) is 1.60. The van der Waals surface area contributed by atoms with E-state index in [-0.39, 0.29) is 5.57 Å². The van der Waals surface area contributed by atoms with Crippen LogP contribution in [0.5, 0.6) is 0 Å². The van der Waals surface area contributed by atoms with Crippen molar-refractivity contribution < 1.29 is 23.8 Å². The van der Waals surface area contributed by atoms with Crippen molar-refractivity contribution in [2.24, 2.45) is 0 Å². The maximum absolute atomic E-state index is 11.9. The van der Waals surface area contributed by atoms with Crippen molar-refractivity contribution in [1.29, 1.82) is 0 Å². The molecule has 0 N–H and O–H groups in total. The Kier molecular flexibility index (Phi) is 5.55. The Morgan fingerprint density at radius 3 is 2.52 bits per heavy atom. The first kappa shape index (κ1) is 17.2. The Labute approximate surface area is 136 Å². The predicted molar refractivity (Wildman–Crippen MR) is 85.2 cm³/mol. The molecule has 1 saturated heterocycles. The van der Waals surface area contributed by atoms with Gasteiger partial charge >= 0.3 is 11.9 Å². The molecule has 0 saturated carbocycles. The predicted octanol–water partition coefficient (Wildman–Crippen LogP) is 3.22. The van der Waals surface area contributed by atoms with Crippen molar-refractivity contribution in [3.05, 3.63) is 41.0 Å². The molecule has 23 heavy (non-hydrogen) atoms. The van der Waals surface area contributed by atoms with Gasteiger partial charge in [-0.1, -0.05) is 31.5 Å². The summed E-state index contributed by atoms with van der Waals surface area (Å²) in [6.07, 6.45) is 3.60. The van der Waals surface area contributed by atoms with Gasteiger partial charge in [-0.05, 0) is 29.7 Å². The average molecular weight is 318 g/mol. The lowest BCUT2D eigenvalue weighted by molar-refractivity contribution is -0.222. The van der Waals surface area contributed by atoms with Crippen LogP contribution in [0.2, 0.25) is 0 Å². The zero-order valence-electron chi connectivity index (χ0n) is 13.8. The van der Waals surface area contributed by atoms with Crippen LogP contribution in [0.4, 0.5) is 0 Å². The molecule has 1 aliphatic rings. The van der Waals surface area contributed by atoms with Gasteiger partial charge < -0.3 is 14.2 Å². The van der Waals surface area contributed by atoms with Crippen molar-refractivity contribution >= 4 is 18.0 Å². The van der Waals surface area contributed by atoms with Crippen LogP contribution in [-0.4, -0.2) is 24.3 Å². The van der Waals surface area contributed by atoms with Crippen LogP contribution in [-0.2, 0) is 30.4 Å². The molecule has 0 atom stereocenters. The highest BCUT2D eigenvalue weighted by molar-refractivity contribution is 6.18. The molecule has 5 heteroatoms. The van der Waals surface area contributed by atoms with Gasteiger partial charge in [-0.25, -0.2) is 9.59 Å². The van der Waals surface area contributed by atoms with Crippen molar-refractivity contribution in [3.8, 4) is 0 Å². The summed E-state index contributed by atoms with van der Waals surface area (Å²) in [5, 5.41) is 0. The fourth-order valence-electron chi connectivity index (χ4n) is 2.15. The number of hydrogen-bond donors (Lipinski definition) is 0. The first-order chi connectivity index (χ1) is 10.9. The van der Waals surface area contributed by atoms with E-state index in [4.69, 9.17) is 14.2 Å². The summed E-state index contributed by atoms with van der Waals surface area (Å²) in [6, 6.07) is 7.48. The molecule has 0 aliphatic carbocycles. The molecule has 0 unspecified atom stereocenters. The van der Waals surface area contributed by atoms with E-state index < -0.39 is 17.7 Å². The number of esters is 2. The van der Waals surface area contributed by atoms with Gasteiger partial charge in [0.1, 0.15) is 5.57 Å². The number of carbonyl (C=O) groups is 2. The van der Waals surface area contributed by atoms with Crippen LogP contribution in [0, 0.1) is 0 Å². The number of carbonyl (C=O) groups excluding carboxylic acids is 2. The van der Waals surface area contributed by atoms with E-state index >= 15 is 0 Å². The van der Waals surface area contributed by atoms with E-state index in [1.807, 2.05) is 24.3 Å². The van der Waals surface area contributed by atoms with Crippen LogP contribution in [0.25, 0.3) is 6.08 Å². The van der Waals surface area contributed by atoms with Crippen molar-refractivity contribution in [2.45, 2.75) is 46.0 Å². The Morgan fingerprint density at radius 2 is 1.87 bits per heavy atom. The van der Waals surface area contributed by atoms with Crippen LogP contribution < -0.4 is 0 Å². The molecule has 2 rings (SSSR count). The zero-order valence-corrected chi connectivity index (χ0v) is 13.8. The summed E-state index contributed by atoms with van der Waals surface area (Å²) >= 11 is 0. The number of rotatable bonds is 6. The summed E-state index contributed by atoms with van der Waals surface area (Å²) in [7, 11) is 0. The molecule has 0 aromatic heterocycles. The first-order valence-electron chi connectivity index (χ1n) is 7.76. The molecular weight excluding hydrogens is 296 g/mol. The second kappa shape index (κ2) is 7.42. The third kappa shape index (κ3) is 4.93. The number of hydrogen-bond acceptors (Lipinski definition) is 5. The van der Waals surface area contributed by atoms with Gasteiger partial charge in [0.15, 0.2) is 0 Å². The van der Waals surface area contributed by atoms with Gasteiger partial charge in [-0.3, -0.25) is 0 Å². The fraction of sp³-hybridized carbons (Fsp3) is 0.444. The molecule has 1 fully saturated rings. The van der Waals surface area contributed by atoms with Crippen molar-refractivity contribution in [3.63, 3.8) is 0 Å².